The molecule has 0 bridgehead atoms. The van der Waals surface area contributed by atoms with Gasteiger partial charge < -0.3 is 5.32 Å². The van der Waals surface area contributed by atoms with Crippen LogP contribution in [0, 0.1) is 23.1 Å². The number of halogens is 1. The van der Waals surface area contributed by atoms with E-state index in [0.717, 1.165) is 11.5 Å². The molecule has 0 amide bonds. The highest BCUT2D eigenvalue weighted by Gasteiger charge is 2.24. The van der Waals surface area contributed by atoms with Crippen molar-refractivity contribution in [1.29, 1.82) is 5.26 Å². The predicted octanol–water partition coefficient (Wildman–Crippen LogP) is 2.59. The lowest BCUT2D eigenvalue weighted by Crippen LogP contribution is -2.39. The molecular weight excluding hydrogens is 203 g/mol. The molecule has 1 aliphatic rings. The summed E-state index contributed by atoms with van der Waals surface area (Å²) in [5, 5.41) is 12.1. The third-order valence-electron chi connectivity index (χ3n) is 3.06. The van der Waals surface area contributed by atoms with Crippen LogP contribution < -0.4 is 5.32 Å². The zero-order valence-corrected chi connectivity index (χ0v) is 9.33. The van der Waals surface area contributed by atoms with E-state index < -0.39 is 0 Å². The summed E-state index contributed by atoms with van der Waals surface area (Å²) < 4.78 is 13.1. The Hall–Kier alpha value is -1.40. The van der Waals surface area contributed by atoms with Crippen LogP contribution in [0.1, 0.15) is 30.9 Å². The fourth-order valence-corrected chi connectivity index (χ4v) is 2.15. The highest BCUT2D eigenvalue weighted by Crippen LogP contribution is 2.26. The first-order valence-electron chi connectivity index (χ1n) is 5.60. The molecule has 1 aliphatic carbocycles. The maximum absolute atomic E-state index is 13.1. The Morgan fingerprint density at radius 2 is 2.19 bits per heavy atom. The maximum atomic E-state index is 13.1. The highest BCUT2D eigenvalue weighted by atomic mass is 19.1. The van der Waals surface area contributed by atoms with E-state index in [-0.39, 0.29) is 5.82 Å². The van der Waals surface area contributed by atoms with E-state index in [4.69, 9.17) is 5.26 Å². The van der Waals surface area contributed by atoms with Crippen molar-refractivity contribution in [1.82, 2.24) is 5.32 Å². The molecule has 3 heteroatoms. The monoisotopic (exact) mass is 218 g/mol. The fraction of sp³-hybridized carbons (Fsp3) is 0.462. The second kappa shape index (κ2) is 4.63. The third kappa shape index (κ3) is 2.59. The van der Waals surface area contributed by atoms with Gasteiger partial charge in [-0.25, -0.2) is 4.39 Å². The Labute approximate surface area is 95.1 Å². The number of nitrogens with one attached hydrogen (secondary N) is 1. The van der Waals surface area contributed by atoms with E-state index in [0.29, 0.717) is 18.2 Å². The average molecular weight is 218 g/mol. The lowest BCUT2D eigenvalue weighted by molar-refractivity contribution is 0.240. The Morgan fingerprint density at radius 1 is 1.44 bits per heavy atom. The quantitative estimate of drug-likeness (QED) is 0.846. The molecule has 0 aliphatic heterocycles. The van der Waals surface area contributed by atoms with Gasteiger partial charge in [0.25, 0.3) is 0 Å². The van der Waals surface area contributed by atoms with Gasteiger partial charge in [-0.15, -0.1) is 0 Å². The fourth-order valence-electron chi connectivity index (χ4n) is 2.15. The molecule has 16 heavy (non-hydrogen) atoms. The molecule has 2 nitrogen and oxygen atoms in total. The zero-order chi connectivity index (χ0) is 11.5. The second-order valence-electron chi connectivity index (χ2n) is 4.61. The van der Waals surface area contributed by atoms with Gasteiger partial charge in [0.05, 0.1) is 11.6 Å². The van der Waals surface area contributed by atoms with E-state index in [1.54, 1.807) is 6.07 Å². The van der Waals surface area contributed by atoms with Gasteiger partial charge in [0.15, 0.2) is 0 Å². The molecule has 2 rings (SSSR count). The van der Waals surface area contributed by atoms with Crippen molar-refractivity contribution >= 4 is 0 Å². The molecular formula is C13H15FN2. The summed E-state index contributed by atoms with van der Waals surface area (Å²) in [7, 11) is 0. The van der Waals surface area contributed by atoms with Crippen molar-refractivity contribution in [2.45, 2.75) is 32.4 Å². The van der Waals surface area contributed by atoms with E-state index in [1.807, 2.05) is 6.07 Å². The topological polar surface area (TPSA) is 35.8 Å². The molecule has 1 N–H and O–H groups in total. The minimum absolute atomic E-state index is 0.335. The van der Waals surface area contributed by atoms with Crippen molar-refractivity contribution in [3.63, 3.8) is 0 Å². The first kappa shape index (κ1) is 11.1. The summed E-state index contributed by atoms with van der Waals surface area (Å²) in [6.07, 6.45) is 2.39. The Balaban J connectivity index is 1.94. The summed E-state index contributed by atoms with van der Waals surface area (Å²) >= 11 is 0. The highest BCUT2D eigenvalue weighted by molar-refractivity contribution is 5.33. The number of rotatable bonds is 3. The Kier molecular flexibility index (Phi) is 3.21. The number of hydrogen-bond acceptors (Lipinski definition) is 2. The third-order valence-corrected chi connectivity index (χ3v) is 3.06. The average Bonchev–Trinajstić information content (AvgIpc) is 2.22. The molecule has 84 valence electrons. The van der Waals surface area contributed by atoms with Crippen molar-refractivity contribution in [2.24, 2.45) is 5.92 Å². The molecule has 1 saturated carbocycles. The van der Waals surface area contributed by atoms with Crippen LogP contribution in [0.4, 0.5) is 4.39 Å². The van der Waals surface area contributed by atoms with Gasteiger partial charge in [-0.1, -0.05) is 6.92 Å². The van der Waals surface area contributed by atoms with Crippen molar-refractivity contribution in [3.8, 4) is 6.07 Å². The largest absolute Gasteiger partial charge is 0.310 e. The number of hydrogen-bond donors (Lipinski definition) is 1. The molecule has 0 atom stereocenters. The van der Waals surface area contributed by atoms with Crippen LogP contribution in [0.15, 0.2) is 18.2 Å². The molecule has 0 saturated heterocycles. The van der Waals surface area contributed by atoms with E-state index >= 15 is 0 Å². The smallest absolute Gasteiger partial charge is 0.124 e. The van der Waals surface area contributed by atoms with Gasteiger partial charge >= 0.3 is 0 Å². The summed E-state index contributed by atoms with van der Waals surface area (Å²) in [5.74, 6) is 0.470. The normalized spacial score (nSPS) is 23.6. The first-order chi connectivity index (χ1) is 7.67. The van der Waals surface area contributed by atoms with Crippen LogP contribution in [0.3, 0.4) is 0 Å². The molecule has 0 heterocycles. The van der Waals surface area contributed by atoms with Gasteiger partial charge in [-0.2, -0.15) is 5.26 Å². The lowest BCUT2D eigenvalue weighted by Gasteiger charge is -2.33. The second-order valence-corrected chi connectivity index (χ2v) is 4.61. The van der Waals surface area contributed by atoms with Gasteiger partial charge in [-0.3, -0.25) is 0 Å². The van der Waals surface area contributed by atoms with Crippen molar-refractivity contribution < 1.29 is 4.39 Å². The van der Waals surface area contributed by atoms with Crippen molar-refractivity contribution in [2.75, 3.05) is 0 Å². The summed E-state index contributed by atoms with van der Waals surface area (Å²) in [5.41, 5.74) is 1.23. The van der Waals surface area contributed by atoms with E-state index in [1.165, 1.54) is 25.0 Å². The Morgan fingerprint density at radius 3 is 2.81 bits per heavy atom. The minimum atomic E-state index is -0.335. The molecule has 1 aromatic rings. The summed E-state index contributed by atoms with van der Waals surface area (Å²) in [4.78, 5) is 0. The first-order valence-corrected chi connectivity index (χ1v) is 5.60. The van der Waals surface area contributed by atoms with Crippen LogP contribution in [-0.4, -0.2) is 6.04 Å². The molecule has 0 unspecified atom stereocenters. The van der Waals surface area contributed by atoms with E-state index in [2.05, 4.69) is 12.2 Å². The van der Waals surface area contributed by atoms with Crippen molar-refractivity contribution in [3.05, 3.63) is 35.1 Å². The van der Waals surface area contributed by atoms with Gasteiger partial charge in [0, 0.05) is 12.6 Å². The van der Waals surface area contributed by atoms with Crippen LogP contribution in [-0.2, 0) is 6.54 Å². The SMILES string of the molecule is CC1CC(NCc2cc(F)cc(C#N)c2)C1. The Bertz CT molecular complexity index is 416. The zero-order valence-electron chi connectivity index (χ0n) is 9.33. The predicted molar refractivity (Wildman–Crippen MR) is 60.1 cm³/mol. The van der Waals surface area contributed by atoms with Gasteiger partial charge in [0.1, 0.15) is 5.82 Å². The molecule has 1 aromatic carbocycles. The van der Waals surface area contributed by atoms with Crippen LogP contribution in [0.25, 0.3) is 0 Å². The molecule has 1 fully saturated rings. The van der Waals surface area contributed by atoms with E-state index in [9.17, 15) is 4.39 Å². The minimum Gasteiger partial charge on any atom is -0.310 e. The van der Waals surface area contributed by atoms with Crippen LogP contribution in [0.5, 0.6) is 0 Å². The van der Waals surface area contributed by atoms with Crippen LogP contribution >= 0.6 is 0 Å². The molecule has 0 spiro atoms. The van der Waals surface area contributed by atoms with Crippen LogP contribution in [0.2, 0.25) is 0 Å². The van der Waals surface area contributed by atoms with Gasteiger partial charge in [-0.05, 0) is 42.5 Å². The van der Waals surface area contributed by atoms with Gasteiger partial charge in [0.2, 0.25) is 0 Å². The number of nitriles is 1. The molecule has 0 aromatic heterocycles. The maximum Gasteiger partial charge on any atom is 0.124 e. The summed E-state index contributed by atoms with van der Waals surface area (Å²) in [6.45, 7) is 2.87. The molecule has 0 radical (unpaired) electrons. The lowest BCUT2D eigenvalue weighted by atomic mass is 9.82. The number of nitrogens with zero attached hydrogens (tertiary/aromatic N) is 1. The number of benzene rings is 1. The summed E-state index contributed by atoms with van der Waals surface area (Å²) in [6, 6.07) is 7.00. The standard InChI is InChI=1S/C13H15FN2/c1-9-2-13(3-9)16-8-11-4-10(7-15)5-12(14)6-11/h4-6,9,13,16H,2-3,8H2,1H3.